The van der Waals surface area contributed by atoms with Crippen molar-refractivity contribution >= 4 is 17.2 Å². The first-order valence-electron chi connectivity index (χ1n) is 13.2. The zero-order valence-corrected chi connectivity index (χ0v) is 22.1. The van der Waals surface area contributed by atoms with Crippen LogP contribution in [0.2, 0.25) is 0 Å². The van der Waals surface area contributed by atoms with Gasteiger partial charge < -0.3 is 19.6 Å². The number of carbonyl (C=O) groups is 1. The first kappa shape index (κ1) is 23.9. The van der Waals surface area contributed by atoms with Crippen molar-refractivity contribution < 1.29 is 4.79 Å². The lowest BCUT2D eigenvalue weighted by atomic mass is 9.58. The zero-order valence-electron chi connectivity index (χ0n) is 22.1. The summed E-state index contributed by atoms with van der Waals surface area (Å²) in [6, 6.07) is 10.2. The molecule has 2 N–H and O–H groups in total. The zero-order chi connectivity index (χ0) is 25.8. The highest BCUT2D eigenvalue weighted by Gasteiger charge is 2.48. The fraction of sp³-hybridized carbons (Fsp3) is 0.448. The minimum absolute atomic E-state index is 0.154. The average Bonchev–Trinajstić information content (AvgIpc) is 3.44. The molecule has 6 rings (SSSR count). The molecular weight excluding hydrogens is 462 g/mol. The molecule has 1 amide bonds. The van der Waals surface area contributed by atoms with Crippen molar-refractivity contribution in [2.45, 2.75) is 70.4 Å². The molecule has 4 aromatic rings. The van der Waals surface area contributed by atoms with Gasteiger partial charge in [0.05, 0.1) is 11.0 Å². The van der Waals surface area contributed by atoms with E-state index in [1.165, 1.54) is 19.3 Å². The Hall–Kier alpha value is -3.52. The second-order valence-electron chi connectivity index (χ2n) is 11.5. The molecule has 0 aliphatic heterocycles. The molecule has 2 saturated carbocycles. The van der Waals surface area contributed by atoms with E-state index in [-0.39, 0.29) is 16.9 Å². The highest BCUT2D eigenvalue weighted by Crippen LogP contribution is 2.51. The summed E-state index contributed by atoms with van der Waals surface area (Å²) in [7, 11) is 2.00. The molecule has 8 nitrogen and oxygen atoms in total. The molecule has 0 saturated heterocycles. The fourth-order valence-electron chi connectivity index (χ4n) is 6.21. The third-order valence-electron chi connectivity index (χ3n) is 8.47. The number of aromatic nitrogens is 5. The van der Waals surface area contributed by atoms with E-state index in [2.05, 4.69) is 58.0 Å². The van der Waals surface area contributed by atoms with Gasteiger partial charge in [-0.2, -0.15) is 0 Å². The third-order valence-corrected chi connectivity index (χ3v) is 8.47. The maximum Gasteiger partial charge on any atom is 0.259 e. The van der Waals surface area contributed by atoms with E-state index in [9.17, 15) is 4.79 Å². The van der Waals surface area contributed by atoms with Crippen LogP contribution in [0.15, 0.2) is 49.1 Å². The lowest BCUT2D eigenvalue weighted by Gasteiger charge is -2.46. The Balaban J connectivity index is 1.29. The number of benzene rings is 1. The summed E-state index contributed by atoms with van der Waals surface area (Å²) in [6.07, 6.45) is 11.3. The maximum absolute atomic E-state index is 13.6. The van der Waals surface area contributed by atoms with Crippen LogP contribution in [0.5, 0.6) is 0 Å². The van der Waals surface area contributed by atoms with Gasteiger partial charge in [-0.3, -0.25) is 4.79 Å². The highest BCUT2D eigenvalue weighted by molar-refractivity contribution is 6.08. The summed E-state index contributed by atoms with van der Waals surface area (Å²) in [4.78, 5) is 18.2. The van der Waals surface area contributed by atoms with Gasteiger partial charge in [0, 0.05) is 42.9 Å². The Labute approximate surface area is 217 Å². The largest absolute Gasteiger partial charge is 0.322 e. The number of anilines is 1. The monoisotopic (exact) mass is 497 g/mol. The second kappa shape index (κ2) is 8.80. The van der Waals surface area contributed by atoms with Crippen LogP contribution in [0.25, 0.3) is 5.65 Å². The minimum atomic E-state index is -0.178. The van der Waals surface area contributed by atoms with Crippen LogP contribution in [0.4, 0.5) is 5.69 Å². The number of rotatable bonds is 7. The smallest absolute Gasteiger partial charge is 0.259 e. The van der Waals surface area contributed by atoms with Gasteiger partial charge >= 0.3 is 0 Å². The number of carbonyl (C=O) groups excluding carboxylic acids is 1. The Morgan fingerprint density at radius 2 is 2.03 bits per heavy atom. The van der Waals surface area contributed by atoms with Crippen molar-refractivity contribution in [2.75, 3.05) is 5.32 Å². The molecule has 3 aromatic heterocycles. The van der Waals surface area contributed by atoms with Crippen molar-refractivity contribution in [3.05, 3.63) is 77.3 Å². The van der Waals surface area contributed by atoms with E-state index in [0.29, 0.717) is 17.1 Å². The van der Waals surface area contributed by atoms with E-state index < -0.39 is 0 Å². The van der Waals surface area contributed by atoms with Crippen LogP contribution in [0.1, 0.15) is 79.0 Å². The number of hydrogen-bond donors (Lipinski definition) is 2. The summed E-state index contributed by atoms with van der Waals surface area (Å²) in [5.41, 5.74) is 5.29. The Kier molecular flexibility index (Phi) is 5.67. The lowest BCUT2D eigenvalue weighted by molar-refractivity contribution is 0.102. The normalized spacial score (nSPS) is 22.4. The molecule has 0 atom stereocenters. The first-order valence-corrected chi connectivity index (χ1v) is 13.2. The molecule has 0 radical (unpaired) electrons. The van der Waals surface area contributed by atoms with E-state index in [0.717, 1.165) is 47.7 Å². The summed E-state index contributed by atoms with van der Waals surface area (Å²) in [6.45, 7) is 7.28. The fourth-order valence-corrected chi connectivity index (χ4v) is 6.21. The predicted molar refractivity (Wildman–Crippen MR) is 144 cm³/mol. The van der Waals surface area contributed by atoms with Crippen LogP contribution in [0, 0.1) is 12.8 Å². The Morgan fingerprint density at radius 3 is 2.70 bits per heavy atom. The molecular formula is C29H35N7O. The van der Waals surface area contributed by atoms with Gasteiger partial charge in [-0.1, -0.05) is 19.1 Å². The van der Waals surface area contributed by atoms with Crippen LogP contribution in [0.3, 0.4) is 0 Å². The van der Waals surface area contributed by atoms with Gasteiger partial charge in [0.15, 0.2) is 0 Å². The van der Waals surface area contributed by atoms with E-state index in [4.69, 9.17) is 0 Å². The quantitative estimate of drug-likeness (QED) is 0.384. The SMILES string of the molecule is Cc1cnc2c(C(=O)Nc3cccc(C4(c5nncn5C)CC(C)C4)c3)cc(CNC3(C)CCC3)cn12. The molecule has 1 aromatic carbocycles. The molecule has 0 spiro atoms. The van der Waals surface area contributed by atoms with Gasteiger partial charge in [-0.15, -0.1) is 10.2 Å². The molecule has 0 bridgehead atoms. The van der Waals surface area contributed by atoms with E-state index in [1.807, 2.05) is 47.3 Å². The number of pyridine rings is 1. The third kappa shape index (κ3) is 4.13. The van der Waals surface area contributed by atoms with Gasteiger partial charge in [0.25, 0.3) is 5.91 Å². The number of nitrogens with one attached hydrogen (secondary N) is 2. The molecule has 3 heterocycles. The topological polar surface area (TPSA) is 89.1 Å². The number of nitrogens with zero attached hydrogens (tertiary/aromatic N) is 5. The minimum Gasteiger partial charge on any atom is -0.322 e. The van der Waals surface area contributed by atoms with Gasteiger partial charge in [-0.25, -0.2) is 4.98 Å². The molecule has 2 aliphatic carbocycles. The van der Waals surface area contributed by atoms with Crippen LogP contribution in [-0.2, 0) is 19.0 Å². The van der Waals surface area contributed by atoms with Gasteiger partial charge in [-0.05, 0) is 81.2 Å². The number of fused-ring (bicyclic) bond motifs is 1. The van der Waals surface area contributed by atoms with Crippen molar-refractivity contribution in [1.82, 2.24) is 29.5 Å². The van der Waals surface area contributed by atoms with Crippen molar-refractivity contribution in [3.63, 3.8) is 0 Å². The van der Waals surface area contributed by atoms with Crippen molar-refractivity contribution in [2.24, 2.45) is 13.0 Å². The van der Waals surface area contributed by atoms with Gasteiger partial charge in [0.1, 0.15) is 17.8 Å². The molecule has 192 valence electrons. The van der Waals surface area contributed by atoms with Crippen LogP contribution >= 0.6 is 0 Å². The molecule has 0 unspecified atom stereocenters. The first-order chi connectivity index (χ1) is 17.8. The number of hydrogen-bond acceptors (Lipinski definition) is 5. The summed E-state index contributed by atoms with van der Waals surface area (Å²) >= 11 is 0. The molecule has 8 heteroatoms. The number of aryl methyl sites for hydroxylation is 2. The van der Waals surface area contributed by atoms with Gasteiger partial charge in [0.2, 0.25) is 0 Å². The maximum atomic E-state index is 13.6. The van der Waals surface area contributed by atoms with Crippen LogP contribution < -0.4 is 10.6 Å². The van der Waals surface area contributed by atoms with Crippen molar-refractivity contribution in [1.29, 1.82) is 0 Å². The molecule has 2 fully saturated rings. The lowest BCUT2D eigenvalue weighted by Crippen LogP contribution is -2.47. The predicted octanol–water partition coefficient (Wildman–Crippen LogP) is 4.77. The Bertz CT molecular complexity index is 1470. The summed E-state index contributed by atoms with van der Waals surface area (Å²) < 4.78 is 4.03. The molecule has 2 aliphatic rings. The summed E-state index contributed by atoms with van der Waals surface area (Å²) in [5.74, 6) is 1.44. The number of amides is 1. The second-order valence-corrected chi connectivity index (χ2v) is 11.5. The van der Waals surface area contributed by atoms with E-state index in [1.54, 1.807) is 6.33 Å². The van der Waals surface area contributed by atoms with Crippen molar-refractivity contribution in [3.8, 4) is 0 Å². The standard InChI is InChI=1S/C29H35N7O/c1-19-13-29(14-19,27-34-32-18-35(27)4)22-7-5-8-23(12-22)33-26(37)24-11-21(16-31-28(3)9-6-10-28)17-36-20(2)15-30-25(24)36/h5,7-8,11-12,15,17-19,31H,6,9-10,13-14,16H2,1-4H3,(H,33,37). The number of imidazole rings is 1. The van der Waals surface area contributed by atoms with E-state index >= 15 is 0 Å². The average molecular weight is 498 g/mol. The summed E-state index contributed by atoms with van der Waals surface area (Å²) in [5, 5.41) is 15.4. The molecule has 37 heavy (non-hydrogen) atoms. The Morgan fingerprint density at radius 1 is 1.22 bits per heavy atom. The van der Waals surface area contributed by atoms with Crippen LogP contribution in [-0.4, -0.2) is 35.6 Å². The highest BCUT2D eigenvalue weighted by atomic mass is 16.1.